The van der Waals surface area contributed by atoms with Crippen molar-refractivity contribution in [2.75, 3.05) is 36.0 Å². The highest BCUT2D eigenvalue weighted by Gasteiger charge is 2.40. The van der Waals surface area contributed by atoms with Crippen LogP contribution in [0.1, 0.15) is 6.42 Å². The Kier molecular flexibility index (Phi) is 6.05. The first-order chi connectivity index (χ1) is 14.7. The summed E-state index contributed by atoms with van der Waals surface area (Å²) in [4.78, 5) is 6.19. The van der Waals surface area contributed by atoms with Crippen molar-refractivity contribution in [3.63, 3.8) is 0 Å². The van der Waals surface area contributed by atoms with Crippen LogP contribution in [0, 0.1) is 0 Å². The molecule has 2 aliphatic rings. The summed E-state index contributed by atoms with van der Waals surface area (Å²) in [5.41, 5.74) is 2.54. The molecule has 2 aromatic rings. The first-order valence-corrected chi connectivity index (χ1v) is 10.3. The topological polar surface area (TPSA) is 39.2 Å². The van der Waals surface area contributed by atoms with Gasteiger partial charge in [-0.25, -0.2) is 0 Å². The van der Waals surface area contributed by atoms with Crippen molar-refractivity contribution in [3.05, 3.63) is 65.8 Å². The van der Waals surface area contributed by atoms with E-state index in [-0.39, 0.29) is 11.8 Å². The molecule has 0 aliphatic carbocycles. The number of hydrogen-bond donors (Lipinski definition) is 1. The van der Waals surface area contributed by atoms with Gasteiger partial charge in [0.15, 0.2) is 0 Å². The smallest absolute Gasteiger partial charge is 0.406 e. The standard InChI is InChI=1S/C22H23ClF3N3O2/c1-15-14-20(21(30)29(15)18-4-2-16(23)3-5-18)28-12-10-27(11-13-28)17-6-8-19(9-7-17)31-22(24,25)26/h2-9,20-21,30H,1,10-14H2. The largest absolute Gasteiger partial charge is 0.573 e. The fraction of sp³-hybridized carbons (Fsp3) is 0.364. The van der Waals surface area contributed by atoms with Gasteiger partial charge in [-0.05, 0) is 48.5 Å². The van der Waals surface area contributed by atoms with E-state index in [2.05, 4.69) is 21.1 Å². The van der Waals surface area contributed by atoms with Gasteiger partial charge in [0.25, 0.3) is 0 Å². The first kappa shape index (κ1) is 21.8. The summed E-state index contributed by atoms with van der Waals surface area (Å²) < 4.78 is 40.9. The van der Waals surface area contributed by atoms with Crippen molar-refractivity contribution in [3.8, 4) is 5.75 Å². The van der Waals surface area contributed by atoms with Crippen molar-refractivity contribution in [2.45, 2.75) is 25.1 Å². The van der Waals surface area contributed by atoms with Gasteiger partial charge in [0.2, 0.25) is 0 Å². The summed E-state index contributed by atoms with van der Waals surface area (Å²) in [5.74, 6) is -0.232. The lowest BCUT2D eigenvalue weighted by atomic mass is 10.1. The van der Waals surface area contributed by atoms with Crippen LogP contribution in [0.4, 0.5) is 24.5 Å². The number of hydrogen-bond acceptors (Lipinski definition) is 5. The minimum absolute atomic E-state index is 0.0760. The molecule has 2 unspecified atom stereocenters. The monoisotopic (exact) mass is 453 g/mol. The number of benzene rings is 2. The molecule has 2 aliphatic heterocycles. The van der Waals surface area contributed by atoms with Crippen molar-refractivity contribution in [1.29, 1.82) is 0 Å². The van der Waals surface area contributed by atoms with Crippen LogP contribution in [0.5, 0.6) is 5.75 Å². The number of halogens is 4. The van der Waals surface area contributed by atoms with Gasteiger partial charge in [-0.2, -0.15) is 0 Å². The van der Waals surface area contributed by atoms with Gasteiger partial charge in [0.1, 0.15) is 12.0 Å². The van der Waals surface area contributed by atoms with Crippen LogP contribution in [0.2, 0.25) is 5.02 Å². The van der Waals surface area contributed by atoms with E-state index < -0.39 is 12.6 Å². The molecule has 2 aromatic carbocycles. The highest BCUT2D eigenvalue weighted by Crippen LogP contribution is 2.35. The SMILES string of the molecule is C=C1CC(N2CCN(c3ccc(OC(F)(F)F)cc3)CC2)C(O)N1c1ccc(Cl)cc1. The van der Waals surface area contributed by atoms with Crippen LogP contribution in [0.25, 0.3) is 0 Å². The van der Waals surface area contributed by atoms with Crippen molar-refractivity contribution in [1.82, 2.24) is 4.90 Å². The van der Waals surface area contributed by atoms with E-state index in [1.807, 2.05) is 17.0 Å². The van der Waals surface area contributed by atoms with Crippen molar-refractivity contribution in [2.24, 2.45) is 0 Å². The molecule has 2 saturated heterocycles. The molecule has 0 saturated carbocycles. The van der Waals surface area contributed by atoms with Crippen LogP contribution in [0.15, 0.2) is 60.8 Å². The molecule has 0 spiro atoms. The number of rotatable bonds is 4. The number of alkyl halides is 3. The van der Waals surface area contributed by atoms with E-state index in [0.717, 1.165) is 30.2 Å². The minimum Gasteiger partial charge on any atom is -0.406 e. The number of piperazine rings is 1. The predicted octanol–water partition coefficient (Wildman–Crippen LogP) is 4.47. The Morgan fingerprint density at radius 1 is 0.935 bits per heavy atom. The van der Waals surface area contributed by atoms with E-state index >= 15 is 0 Å². The lowest BCUT2D eigenvalue weighted by Crippen LogP contribution is -2.54. The van der Waals surface area contributed by atoms with Crippen LogP contribution in [-0.2, 0) is 0 Å². The van der Waals surface area contributed by atoms with E-state index in [1.54, 1.807) is 24.3 Å². The lowest BCUT2D eigenvalue weighted by molar-refractivity contribution is -0.274. The van der Waals surface area contributed by atoms with E-state index in [9.17, 15) is 18.3 Å². The summed E-state index contributed by atoms with van der Waals surface area (Å²) in [7, 11) is 0. The number of aliphatic hydroxyl groups excluding tert-OH is 1. The fourth-order valence-corrected chi connectivity index (χ4v) is 4.36. The molecular formula is C22H23ClF3N3O2. The summed E-state index contributed by atoms with van der Waals surface area (Å²) in [6.07, 6.45) is -4.74. The summed E-state index contributed by atoms with van der Waals surface area (Å²) in [6, 6.07) is 13.1. The average Bonchev–Trinajstić information content (AvgIpc) is 3.02. The molecule has 0 aromatic heterocycles. The zero-order chi connectivity index (χ0) is 22.2. The van der Waals surface area contributed by atoms with Crippen LogP contribution in [0.3, 0.4) is 0 Å². The summed E-state index contributed by atoms with van der Waals surface area (Å²) >= 11 is 5.97. The summed E-state index contributed by atoms with van der Waals surface area (Å²) in [5, 5.41) is 11.6. The Bertz CT molecular complexity index is 913. The Morgan fingerprint density at radius 2 is 1.52 bits per heavy atom. The predicted molar refractivity (Wildman–Crippen MR) is 114 cm³/mol. The third kappa shape index (κ3) is 4.92. The molecule has 2 heterocycles. The van der Waals surface area contributed by atoms with Crippen LogP contribution < -0.4 is 14.5 Å². The third-order valence-electron chi connectivity index (χ3n) is 5.72. The second-order valence-electron chi connectivity index (χ2n) is 7.66. The molecule has 1 N–H and O–H groups in total. The molecule has 0 bridgehead atoms. The summed E-state index contributed by atoms with van der Waals surface area (Å²) in [6.45, 7) is 6.99. The molecule has 31 heavy (non-hydrogen) atoms. The molecule has 2 atom stereocenters. The molecule has 5 nitrogen and oxygen atoms in total. The molecule has 166 valence electrons. The Balaban J connectivity index is 1.36. The minimum atomic E-state index is -4.70. The molecule has 9 heteroatoms. The van der Waals surface area contributed by atoms with Crippen LogP contribution >= 0.6 is 11.6 Å². The number of nitrogens with zero attached hydrogens (tertiary/aromatic N) is 3. The highest BCUT2D eigenvalue weighted by molar-refractivity contribution is 6.30. The Morgan fingerprint density at radius 3 is 2.10 bits per heavy atom. The quantitative estimate of drug-likeness (QED) is 0.739. The van der Waals surface area contributed by atoms with Gasteiger partial charge < -0.3 is 19.6 Å². The van der Waals surface area contributed by atoms with E-state index in [0.29, 0.717) is 24.5 Å². The molecular weight excluding hydrogens is 431 g/mol. The van der Waals surface area contributed by atoms with Gasteiger partial charge >= 0.3 is 6.36 Å². The molecule has 0 radical (unpaired) electrons. The normalized spacial score (nSPS) is 22.8. The van der Waals surface area contributed by atoms with Gasteiger partial charge in [-0.1, -0.05) is 18.2 Å². The molecule has 0 amide bonds. The van der Waals surface area contributed by atoms with E-state index in [4.69, 9.17) is 11.6 Å². The van der Waals surface area contributed by atoms with Gasteiger partial charge in [-0.3, -0.25) is 4.90 Å². The zero-order valence-corrected chi connectivity index (χ0v) is 17.5. The Hall–Kier alpha value is -2.42. The fourth-order valence-electron chi connectivity index (χ4n) is 4.23. The molecule has 2 fully saturated rings. The maximum Gasteiger partial charge on any atom is 0.573 e. The van der Waals surface area contributed by atoms with Crippen LogP contribution in [-0.4, -0.2) is 54.8 Å². The maximum atomic E-state index is 12.3. The highest BCUT2D eigenvalue weighted by atomic mass is 35.5. The number of ether oxygens (including phenoxy) is 1. The Labute approximate surface area is 183 Å². The number of anilines is 2. The number of aliphatic hydroxyl groups is 1. The molecule has 4 rings (SSSR count). The first-order valence-electron chi connectivity index (χ1n) is 9.97. The lowest BCUT2D eigenvalue weighted by Gasteiger charge is -2.40. The van der Waals surface area contributed by atoms with Gasteiger partial charge in [0, 0.05) is 54.7 Å². The van der Waals surface area contributed by atoms with Crippen molar-refractivity contribution >= 4 is 23.0 Å². The van der Waals surface area contributed by atoms with Gasteiger partial charge in [0.05, 0.1) is 6.04 Å². The second-order valence-corrected chi connectivity index (χ2v) is 8.10. The third-order valence-corrected chi connectivity index (χ3v) is 5.97. The van der Waals surface area contributed by atoms with Crippen molar-refractivity contribution < 1.29 is 23.0 Å². The zero-order valence-electron chi connectivity index (χ0n) is 16.7. The average molecular weight is 454 g/mol. The van der Waals surface area contributed by atoms with E-state index in [1.165, 1.54) is 12.1 Å². The van der Waals surface area contributed by atoms with Gasteiger partial charge in [-0.15, -0.1) is 13.2 Å². The second kappa shape index (κ2) is 8.61. The maximum absolute atomic E-state index is 12.3.